The molecule has 0 amide bonds. The summed E-state index contributed by atoms with van der Waals surface area (Å²) < 4.78 is 30.3. The summed E-state index contributed by atoms with van der Waals surface area (Å²) in [5.74, 6) is 0.0944. The Bertz CT molecular complexity index is 320. The van der Waals surface area contributed by atoms with Gasteiger partial charge in [-0.1, -0.05) is 0 Å². The fraction of sp³-hybridized carbons (Fsp3) is 1.00. The molecule has 0 aromatic heterocycles. The Morgan fingerprint density at radius 2 is 2.24 bits per heavy atom. The number of methoxy groups -OCH3 is 1. The predicted molar refractivity (Wildman–Crippen MR) is 65.3 cm³/mol. The normalized spacial score (nSPS) is 26.5. The first-order chi connectivity index (χ1) is 8.02. The monoisotopic (exact) mass is 266 g/mol. The quantitative estimate of drug-likeness (QED) is 0.618. The van der Waals surface area contributed by atoms with E-state index in [1.807, 2.05) is 0 Å². The van der Waals surface area contributed by atoms with Gasteiger partial charge < -0.3 is 9.84 Å². The van der Waals surface area contributed by atoms with Gasteiger partial charge in [-0.2, -0.15) is 0 Å². The van der Waals surface area contributed by atoms with Crippen LogP contribution >= 0.6 is 0 Å². The Balaban J connectivity index is 2.36. The smallest absolute Gasteiger partial charge is 0.211 e. The highest BCUT2D eigenvalue weighted by Gasteiger charge is 2.31. The standard InChI is InChI=1S/C10H22N2O4S/c1-3-17(14,15)11-4-5-12-7-10(16-2)6-9(12)8-13/h9-11,13H,3-8H2,1-2H3/t9-,10+/m0/s1. The van der Waals surface area contributed by atoms with Crippen LogP contribution in [0.5, 0.6) is 0 Å². The first-order valence-electron chi connectivity index (χ1n) is 5.87. The first-order valence-corrected chi connectivity index (χ1v) is 7.52. The second-order valence-corrected chi connectivity index (χ2v) is 6.32. The van der Waals surface area contributed by atoms with E-state index in [9.17, 15) is 13.5 Å². The fourth-order valence-corrected chi connectivity index (χ4v) is 2.63. The van der Waals surface area contributed by atoms with E-state index in [1.165, 1.54) is 0 Å². The van der Waals surface area contributed by atoms with Crippen LogP contribution in [0.1, 0.15) is 13.3 Å². The molecule has 102 valence electrons. The van der Waals surface area contributed by atoms with Crippen molar-refractivity contribution in [1.82, 2.24) is 9.62 Å². The minimum absolute atomic E-state index is 0.0751. The highest BCUT2D eigenvalue weighted by Crippen LogP contribution is 2.18. The Morgan fingerprint density at radius 3 is 2.76 bits per heavy atom. The second-order valence-electron chi connectivity index (χ2n) is 4.22. The molecule has 0 aromatic rings. The molecule has 7 heteroatoms. The van der Waals surface area contributed by atoms with Crippen molar-refractivity contribution in [3.05, 3.63) is 0 Å². The lowest BCUT2D eigenvalue weighted by Crippen LogP contribution is -2.39. The van der Waals surface area contributed by atoms with E-state index in [4.69, 9.17) is 4.74 Å². The van der Waals surface area contributed by atoms with Gasteiger partial charge in [-0.25, -0.2) is 13.1 Å². The third kappa shape index (κ3) is 4.51. The highest BCUT2D eigenvalue weighted by molar-refractivity contribution is 7.89. The molecule has 0 spiro atoms. The predicted octanol–water partition coefficient (Wildman–Crippen LogP) is -0.993. The Labute approximate surface area is 103 Å². The number of nitrogens with one attached hydrogen (secondary N) is 1. The lowest BCUT2D eigenvalue weighted by atomic mass is 10.2. The van der Waals surface area contributed by atoms with Crippen molar-refractivity contribution in [3.8, 4) is 0 Å². The topological polar surface area (TPSA) is 78.9 Å². The van der Waals surface area contributed by atoms with Crippen LogP contribution in [-0.2, 0) is 14.8 Å². The van der Waals surface area contributed by atoms with Crippen LogP contribution in [0.15, 0.2) is 0 Å². The van der Waals surface area contributed by atoms with E-state index in [2.05, 4.69) is 9.62 Å². The van der Waals surface area contributed by atoms with E-state index in [1.54, 1.807) is 14.0 Å². The molecular formula is C10H22N2O4S. The van der Waals surface area contributed by atoms with E-state index >= 15 is 0 Å². The summed E-state index contributed by atoms with van der Waals surface area (Å²) in [4.78, 5) is 2.06. The minimum atomic E-state index is -3.12. The van der Waals surface area contributed by atoms with E-state index in [-0.39, 0.29) is 24.5 Å². The van der Waals surface area contributed by atoms with E-state index in [0.29, 0.717) is 13.1 Å². The van der Waals surface area contributed by atoms with Crippen LogP contribution in [0.3, 0.4) is 0 Å². The summed E-state index contributed by atoms with van der Waals surface area (Å²) in [5.41, 5.74) is 0. The van der Waals surface area contributed by atoms with Crippen molar-refractivity contribution >= 4 is 10.0 Å². The summed E-state index contributed by atoms with van der Waals surface area (Å²) in [6.07, 6.45) is 0.933. The van der Waals surface area contributed by atoms with Gasteiger partial charge in [-0.05, 0) is 13.3 Å². The molecule has 0 bridgehead atoms. The number of sulfonamides is 1. The van der Waals surface area contributed by atoms with Gasteiger partial charge in [0.25, 0.3) is 0 Å². The summed E-state index contributed by atoms with van der Waals surface area (Å²) in [6, 6.07) is 0.0751. The Morgan fingerprint density at radius 1 is 1.53 bits per heavy atom. The summed E-state index contributed by atoms with van der Waals surface area (Å²) >= 11 is 0. The largest absolute Gasteiger partial charge is 0.395 e. The molecule has 17 heavy (non-hydrogen) atoms. The van der Waals surface area contributed by atoms with Crippen LogP contribution in [0.4, 0.5) is 0 Å². The number of hydrogen-bond acceptors (Lipinski definition) is 5. The molecule has 1 aliphatic heterocycles. The van der Waals surface area contributed by atoms with Crippen LogP contribution in [0.2, 0.25) is 0 Å². The van der Waals surface area contributed by atoms with Crippen molar-refractivity contribution in [2.75, 3.05) is 39.1 Å². The number of ether oxygens (including phenoxy) is 1. The molecule has 2 N–H and O–H groups in total. The summed E-state index contributed by atoms with van der Waals surface area (Å²) in [6.45, 7) is 3.42. The number of aliphatic hydroxyl groups is 1. The molecular weight excluding hydrogens is 244 g/mol. The van der Waals surface area contributed by atoms with Crippen molar-refractivity contribution < 1.29 is 18.3 Å². The zero-order valence-electron chi connectivity index (χ0n) is 10.4. The maximum Gasteiger partial charge on any atom is 0.211 e. The first kappa shape index (κ1) is 14.8. The van der Waals surface area contributed by atoms with Crippen LogP contribution in [0.25, 0.3) is 0 Å². The van der Waals surface area contributed by atoms with Gasteiger partial charge in [0.15, 0.2) is 0 Å². The van der Waals surface area contributed by atoms with Crippen LogP contribution in [0, 0.1) is 0 Å². The maximum absolute atomic E-state index is 11.2. The van der Waals surface area contributed by atoms with Crippen molar-refractivity contribution in [3.63, 3.8) is 0 Å². The SMILES string of the molecule is CCS(=O)(=O)NCCN1C[C@H](OC)C[C@H]1CO. The molecule has 0 saturated carbocycles. The maximum atomic E-state index is 11.2. The van der Waals surface area contributed by atoms with Crippen LogP contribution in [-0.4, -0.2) is 69.7 Å². The van der Waals surface area contributed by atoms with Gasteiger partial charge in [-0.15, -0.1) is 0 Å². The summed E-state index contributed by atoms with van der Waals surface area (Å²) in [7, 11) is -1.47. The number of nitrogens with zero attached hydrogens (tertiary/aromatic N) is 1. The Kier molecular flexibility index (Phi) is 5.81. The Hall–Kier alpha value is -0.210. The van der Waals surface area contributed by atoms with Gasteiger partial charge in [0, 0.05) is 32.8 Å². The van der Waals surface area contributed by atoms with Gasteiger partial charge >= 0.3 is 0 Å². The molecule has 1 fully saturated rings. The molecule has 0 unspecified atom stereocenters. The molecule has 1 rings (SSSR count). The number of rotatable bonds is 7. The fourth-order valence-electron chi connectivity index (χ4n) is 2.02. The number of hydrogen-bond donors (Lipinski definition) is 2. The zero-order chi connectivity index (χ0) is 12.9. The molecule has 6 nitrogen and oxygen atoms in total. The van der Waals surface area contributed by atoms with Gasteiger partial charge in [0.2, 0.25) is 10.0 Å². The van der Waals surface area contributed by atoms with Crippen molar-refractivity contribution in [2.45, 2.75) is 25.5 Å². The molecule has 1 heterocycles. The average Bonchev–Trinajstić information content (AvgIpc) is 2.71. The van der Waals surface area contributed by atoms with Crippen molar-refractivity contribution in [2.24, 2.45) is 0 Å². The molecule has 1 aliphatic rings. The third-order valence-corrected chi connectivity index (χ3v) is 4.54. The average molecular weight is 266 g/mol. The van der Waals surface area contributed by atoms with Gasteiger partial charge in [0.1, 0.15) is 0 Å². The molecule has 1 saturated heterocycles. The molecule has 0 radical (unpaired) electrons. The lowest BCUT2D eigenvalue weighted by molar-refractivity contribution is 0.108. The molecule has 2 atom stereocenters. The zero-order valence-corrected chi connectivity index (χ0v) is 11.2. The lowest BCUT2D eigenvalue weighted by Gasteiger charge is -2.22. The molecule has 0 aliphatic carbocycles. The third-order valence-electron chi connectivity index (χ3n) is 3.13. The van der Waals surface area contributed by atoms with Gasteiger partial charge in [-0.3, -0.25) is 4.90 Å². The molecule has 0 aromatic carbocycles. The van der Waals surface area contributed by atoms with Crippen LogP contribution < -0.4 is 4.72 Å². The van der Waals surface area contributed by atoms with E-state index < -0.39 is 10.0 Å². The summed E-state index contributed by atoms with van der Waals surface area (Å²) in [5, 5.41) is 9.22. The minimum Gasteiger partial charge on any atom is -0.395 e. The second kappa shape index (κ2) is 6.65. The number of aliphatic hydroxyl groups excluding tert-OH is 1. The van der Waals surface area contributed by atoms with E-state index in [0.717, 1.165) is 13.0 Å². The highest BCUT2D eigenvalue weighted by atomic mass is 32.2. The van der Waals surface area contributed by atoms with Gasteiger partial charge in [0.05, 0.1) is 18.5 Å². The van der Waals surface area contributed by atoms with Crippen molar-refractivity contribution in [1.29, 1.82) is 0 Å². The number of likely N-dealkylation sites (tertiary alicyclic amines) is 1.